The lowest BCUT2D eigenvalue weighted by Crippen LogP contribution is -2.24. The Bertz CT molecular complexity index is 1880. The molecule has 37 heavy (non-hydrogen) atoms. The summed E-state index contributed by atoms with van der Waals surface area (Å²) in [6.45, 7) is 0.0596. The topological polar surface area (TPSA) is 112 Å². The number of benzene rings is 3. The van der Waals surface area contributed by atoms with Crippen LogP contribution in [0.2, 0.25) is 0 Å². The van der Waals surface area contributed by atoms with E-state index in [2.05, 4.69) is 15.1 Å². The van der Waals surface area contributed by atoms with Gasteiger partial charge in [0.25, 0.3) is 5.56 Å². The van der Waals surface area contributed by atoms with Crippen LogP contribution in [0.25, 0.3) is 38.8 Å². The van der Waals surface area contributed by atoms with Crippen molar-refractivity contribution in [2.75, 3.05) is 5.73 Å². The van der Waals surface area contributed by atoms with Crippen LogP contribution in [0, 0.1) is 11.6 Å². The monoisotopic (exact) mass is 496 g/mol. The number of fused-ring (bicyclic) bond motifs is 2. The lowest BCUT2D eigenvalue weighted by atomic mass is 10.1. The Kier molecular flexibility index (Phi) is 5.15. The van der Waals surface area contributed by atoms with Gasteiger partial charge in [-0.3, -0.25) is 9.36 Å². The minimum atomic E-state index is -0.815. The molecule has 0 aliphatic carbocycles. The van der Waals surface area contributed by atoms with Crippen molar-refractivity contribution in [2.45, 2.75) is 6.54 Å². The molecule has 3 aromatic carbocycles. The quantitative estimate of drug-likeness (QED) is 0.374. The number of phenols is 1. The molecular formula is C27H18F2N6O2. The van der Waals surface area contributed by atoms with Crippen LogP contribution < -0.4 is 11.3 Å². The second kappa shape index (κ2) is 8.52. The van der Waals surface area contributed by atoms with Gasteiger partial charge >= 0.3 is 0 Å². The minimum absolute atomic E-state index is 0.0211. The molecular weight excluding hydrogens is 478 g/mol. The number of hydrogen-bond acceptors (Lipinski definition) is 6. The number of nitrogens with two attached hydrogens (primary N) is 1. The Morgan fingerprint density at radius 1 is 0.892 bits per heavy atom. The van der Waals surface area contributed by atoms with Crippen LogP contribution in [0.4, 0.5) is 14.6 Å². The van der Waals surface area contributed by atoms with Gasteiger partial charge in [0.05, 0.1) is 17.3 Å². The maximum absolute atomic E-state index is 14.7. The first-order valence-electron chi connectivity index (χ1n) is 11.3. The van der Waals surface area contributed by atoms with Crippen molar-refractivity contribution in [3.05, 3.63) is 107 Å². The van der Waals surface area contributed by atoms with Gasteiger partial charge in [-0.2, -0.15) is 5.10 Å². The molecule has 0 aliphatic rings. The van der Waals surface area contributed by atoms with Gasteiger partial charge in [0.2, 0.25) is 0 Å². The van der Waals surface area contributed by atoms with Gasteiger partial charge in [0.15, 0.2) is 17.2 Å². The molecule has 0 spiro atoms. The Hall–Kier alpha value is -5.12. The smallest absolute Gasteiger partial charge is 0.266 e. The molecule has 0 amide bonds. The molecule has 0 aliphatic heterocycles. The number of nitrogen functional groups attached to an aromatic ring is 1. The van der Waals surface area contributed by atoms with E-state index < -0.39 is 22.9 Å². The summed E-state index contributed by atoms with van der Waals surface area (Å²) < 4.78 is 31.8. The van der Waals surface area contributed by atoms with Gasteiger partial charge in [0.1, 0.15) is 23.7 Å². The van der Waals surface area contributed by atoms with Crippen LogP contribution in [0.1, 0.15) is 5.69 Å². The van der Waals surface area contributed by atoms with Crippen molar-refractivity contribution in [3.8, 4) is 22.7 Å². The van der Waals surface area contributed by atoms with Crippen LogP contribution in [0.3, 0.4) is 0 Å². The molecule has 8 nitrogen and oxygen atoms in total. The molecule has 0 radical (unpaired) electrons. The highest BCUT2D eigenvalue weighted by atomic mass is 19.1. The Morgan fingerprint density at radius 3 is 2.49 bits per heavy atom. The summed E-state index contributed by atoms with van der Waals surface area (Å²) in [7, 11) is 0. The van der Waals surface area contributed by atoms with E-state index in [9.17, 15) is 18.7 Å². The van der Waals surface area contributed by atoms with E-state index in [0.717, 1.165) is 6.07 Å². The summed E-state index contributed by atoms with van der Waals surface area (Å²) in [6, 6.07) is 19.0. The third-order valence-corrected chi connectivity index (χ3v) is 6.18. The first kappa shape index (κ1) is 22.4. The lowest BCUT2D eigenvalue weighted by molar-refractivity contribution is 0.432. The van der Waals surface area contributed by atoms with Gasteiger partial charge in [-0.1, -0.05) is 30.3 Å². The van der Waals surface area contributed by atoms with E-state index in [1.165, 1.54) is 33.8 Å². The van der Waals surface area contributed by atoms with E-state index in [1.54, 1.807) is 42.5 Å². The van der Waals surface area contributed by atoms with Crippen molar-refractivity contribution < 1.29 is 13.9 Å². The molecule has 0 saturated carbocycles. The lowest BCUT2D eigenvalue weighted by Gasteiger charge is -2.15. The third-order valence-electron chi connectivity index (χ3n) is 6.18. The first-order chi connectivity index (χ1) is 17.9. The number of nitrogens with zero attached hydrogens (tertiary/aromatic N) is 5. The number of para-hydroxylation sites is 1. The largest absolute Gasteiger partial charge is 0.505 e. The molecule has 0 bridgehead atoms. The van der Waals surface area contributed by atoms with Gasteiger partial charge in [0, 0.05) is 16.9 Å². The number of phenolic OH excluding ortho intramolecular Hbond substituents is 1. The molecule has 182 valence electrons. The fraction of sp³-hybridized carbons (Fsp3) is 0.0370. The predicted molar refractivity (Wildman–Crippen MR) is 135 cm³/mol. The van der Waals surface area contributed by atoms with E-state index >= 15 is 0 Å². The summed E-state index contributed by atoms with van der Waals surface area (Å²) >= 11 is 0. The number of anilines is 1. The molecule has 3 N–H and O–H groups in total. The highest BCUT2D eigenvalue weighted by Gasteiger charge is 2.21. The van der Waals surface area contributed by atoms with Gasteiger partial charge < -0.3 is 10.8 Å². The van der Waals surface area contributed by atoms with Gasteiger partial charge in [-0.25, -0.2) is 23.4 Å². The van der Waals surface area contributed by atoms with Crippen molar-refractivity contribution >= 4 is 27.6 Å². The highest BCUT2D eigenvalue weighted by molar-refractivity contribution is 5.98. The average Bonchev–Trinajstić information content (AvgIpc) is 3.26. The summed E-state index contributed by atoms with van der Waals surface area (Å²) in [4.78, 5) is 22.0. The van der Waals surface area contributed by atoms with E-state index in [0.29, 0.717) is 39.1 Å². The fourth-order valence-corrected chi connectivity index (χ4v) is 4.50. The van der Waals surface area contributed by atoms with Crippen LogP contribution in [-0.4, -0.2) is 29.4 Å². The summed E-state index contributed by atoms with van der Waals surface area (Å²) in [5.41, 5.74) is 7.76. The molecule has 6 aromatic rings. The number of aromatic hydroxyl groups is 1. The number of pyridine rings is 1. The Morgan fingerprint density at radius 2 is 1.70 bits per heavy atom. The van der Waals surface area contributed by atoms with Crippen molar-refractivity contribution in [3.63, 3.8) is 0 Å². The normalized spacial score (nSPS) is 11.4. The first-order valence-corrected chi connectivity index (χ1v) is 11.3. The van der Waals surface area contributed by atoms with E-state index in [1.807, 2.05) is 6.07 Å². The molecule has 0 unspecified atom stereocenters. The number of rotatable bonds is 4. The third kappa shape index (κ3) is 3.66. The zero-order chi connectivity index (χ0) is 25.7. The SMILES string of the molecule is Nc1ncnc2c1c(-c1ccc(O)c(F)c1)nn2Cc1cc2cccc(F)c2c(=O)n1-c1ccccc1. The Labute approximate surface area is 207 Å². The van der Waals surface area contributed by atoms with Crippen LogP contribution in [0.5, 0.6) is 5.75 Å². The van der Waals surface area contributed by atoms with Crippen molar-refractivity contribution in [1.82, 2.24) is 24.3 Å². The number of halogens is 2. The van der Waals surface area contributed by atoms with E-state index in [-0.39, 0.29) is 17.7 Å². The summed E-state index contributed by atoms with van der Waals surface area (Å²) in [5.74, 6) is -1.78. The maximum Gasteiger partial charge on any atom is 0.266 e. The second-order valence-electron chi connectivity index (χ2n) is 8.45. The minimum Gasteiger partial charge on any atom is -0.505 e. The number of hydrogen-bond donors (Lipinski definition) is 2. The Balaban J connectivity index is 1.61. The van der Waals surface area contributed by atoms with Crippen LogP contribution >= 0.6 is 0 Å². The average molecular weight is 496 g/mol. The summed E-state index contributed by atoms with van der Waals surface area (Å²) in [5, 5.41) is 15.1. The van der Waals surface area contributed by atoms with Crippen molar-refractivity contribution in [2.24, 2.45) is 0 Å². The molecule has 10 heteroatoms. The van der Waals surface area contributed by atoms with E-state index in [4.69, 9.17) is 5.73 Å². The molecule has 3 aromatic heterocycles. The molecule has 6 rings (SSSR count). The van der Waals surface area contributed by atoms with Crippen molar-refractivity contribution in [1.29, 1.82) is 0 Å². The second-order valence-corrected chi connectivity index (χ2v) is 8.45. The van der Waals surface area contributed by atoms with Crippen LogP contribution in [0.15, 0.2) is 83.9 Å². The molecule has 0 atom stereocenters. The standard InChI is InChI=1S/C27H18F2N6O2/c28-19-8-4-5-15-11-18(35(27(37)22(15)19)17-6-2-1-3-7-17)13-34-26-23(25(30)31-14-32-26)24(33-34)16-9-10-21(36)20(29)12-16/h1-12,14,36H,13H2,(H2,30,31,32). The zero-order valence-electron chi connectivity index (χ0n) is 19.1. The molecule has 0 fully saturated rings. The highest BCUT2D eigenvalue weighted by Crippen LogP contribution is 2.32. The summed E-state index contributed by atoms with van der Waals surface area (Å²) in [6.07, 6.45) is 1.29. The van der Waals surface area contributed by atoms with Crippen LogP contribution in [-0.2, 0) is 6.54 Å². The maximum atomic E-state index is 14.7. The molecule has 3 heterocycles. The van der Waals surface area contributed by atoms with Gasteiger partial charge in [-0.15, -0.1) is 0 Å². The zero-order valence-corrected chi connectivity index (χ0v) is 19.1. The van der Waals surface area contributed by atoms with Gasteiger partial charge in [-0.05, 0) is 47.9 Å². The molecule has 0 saturated heterocycles. The number of aromatic nitrogens is 5. The fourth-order valence-electron chi connectivity index (χ4n) is 4.50. The predicted octanol–water partition coefficient (Wildman–Crippen LogP) is 4.41.